The predicted octanol–water partition coefficient (Wildman–Crippen LogP) is 4.77. The van der Waals surface area contributed by atoms with Gasteiger partial charge in [0.1, 0.15) is 4.83 Å². The van der Waals surface area contributed by atoms with Crippen molar-refractivity contribution in [1.82, 2.24) is 19.2 Å². The molecule has 1 atom stereocenters. The molecule has 1 aliphatic rings. The lowest BCUT2D eigenvalue weighted by atomic mass is 9.72. The van der Waals surface area contributed by atoms with E-state index in [1.807, 2.05) is 34.7 Å². The monoisotopic (exact) mass is 466 g/mol. The van der Waals surface area contributed by atoms with Gasteiger partial charge in [0.2, 0.25) is 5.78 Å². The second kappa shape index (κ2) is 7.85. The molecular formula is C24H26N4O2S2. The number of fused-ring (bicyclic) bond motifs is 5. The summed E-state index contributed by atoms with van der Waals surface area (Å²) in [6.07, 6.45) is 3.02. The van der Waals surface area contributed by atoms with Crippen LogP contribution in [0.4, 0.5) is 0 Å². The standard InChI is InChI=1S/C24H26N4O2S2/c1-24(2,3)15-10-11-16-18(12-15)32-21-19(16)20(30)27(4)22-25-26-23(28(21)22)31-13-17(29)14-8-6-5-7-9-14/h5-9,15H,10-13H2,1-4H3/t15-/m0/s1. The molecule has 0 radical (unpaired) electrons. The van der Waals surface area contributed by atoms with Crippen molar-refractivity contribution in [2.24, 2.45) is 18.4 Å². The number of thioether (sulfide) groups is 1. The summed E-state index contributed by atoms with van der Waals surface area (Å²) in [5.41, 5.74) is 2.11. The van der Waals surface area contributed by atoms with E-state index in [4.69, 9.17) is 0 Å². The summed E-state index contributed by atoms with van der Waals surface area (Å²) >= 11 is 3.06. The summed E-state index contributed by atoms with van der Waals surface area (Å²) in [6.45, 7) is 6.89. The Morgan fingerprint density at radius 2 is 1.97 bits per heavy atom. The molecule has 4 aromatic rings. The molecule has 0 saturated carbocycles. The minimum atomic E-state index is -0.0106. The molecule has 0 saturated heterocycles. The van der Waals surface area contributed by atoms with Crippen LogP contribution in [0, 0.1) is 11.3 Å². The van der Waals surface area contributed by atoms with E-state index in [1.54, 1.807) is 23.0 Å². The molecule has 166 valence electrons. The average molecular weight is 467 g/mol. The number of ketones is 1. The molecule has 0 unspecified atom stereocenters. The van der Waals surface area contributed by atoms with Crippen molar-refractivity contribution < 1.29 is 4.79 Å². The highest BCUT2D eigenvalue weighted by Crippen LogP contribution is 2.43. The highest BCUT2D eigenvalue weighted by molar-refractivity contribution is 7.99. The van der Waals surface area contributed by atoms with E-state index in [1.165, 1.54) is 22.2 Å². The van der Waals surface area contributed by atoms with Crippen molar-refractivity contribution in [3.63, 3.8) is 0 Å². The van der Waals surface area contributed by atoms with Crippen LogP contribution in [0.5, 0.6) is 0 Å². The van der Waals surface area contributed by atoms with Crippen LogP contribution in [0.25, 0.3) is 16.0 Å². The molecule has 3 aromatic heterocycles. The van der Waals surface area contributed by atoms with E-state index in [-0.39, 0.29) is 22.5 Å². The summed E-state index contributed by atoms with van der Waals surface area (Å²) in [5, 5.41) is 10.1. The molecule has 3 heterocycles. The minimum Gasteiger partial charge on any atom is -0.293 e. The molecule has 5 rings (SSSR count). The molecule has 8 heteroatoms. The molecule has 0 fully saturated rings. The lowest BCUT2D eigenvalue weighted by Crippen LogP contribution is -2.27. The zero-order chi connectivity index (χ0) is 22.6. The smallest absolute Gasteiger partial charge is 0.263 e. The van der Waals surface area contributed by atoms with Gasteiger partial charge in [-0.1, -0.05) is 62.9 Å². The topological polar surface area (TPSA) is 69.3 Å². The zero-order valence-electron chi connectivity index (χ0n) is 18.7. The fourth-order valence-corrected chi connectivity index (χ4v) is 6.84. The Bertz CT molecular complexity index is 1390. The van der Waals surface area contributed by atoms with Crippen molar-refractivity contribution >= 4 is 44.9 Å². The zero-order valence-corrected chi connectivity index (χ0v) is 20.3. The van der Waals surface area contributed by atoms with Crippen LogP contribution in [0.15, 0.2) is 40.3 Å². The Hall–Kier alpha value is -2.45. The van der Waals surface area contributed by atoms with Crippen LogP contribution in [0.2, 0.25) is 0 Å². The van der Waals surface area contributed by atoms with Crippen molar-refractivity contribution in [3.05, 3.63) is 56.7 Å². The highest BCUT2D eigenvalue weighted by atomic mass is 32.2. The van der Waals surface area contributed by atoms with Crippen molar-refractivity contribution in [2.75, 3.05) is 5.75 Å². The van der Waals surface area contributed by atoms with Gasteiger partial charge in [-0.2, -0.15) is 0 Å². The van der Waals surface area contributed by atoms with Gasteiger partial charge in [-0.25, -0.2) is 4.40 Å². The second-order valence-corrected chi connectivity index (χ2v) is 11.6. The van der Waals surface area contributed by atoms with Crippen molar-refractivity contribution in [2.45, 2.75) is 45.2 Å². The maximum Gasteiger partial charge on any atom is 0.263 e. The first-order valence-electron chi connectivity index (χ1n) is 10.8. The van der Waals surface area contributed by atoms with E-state index in [9.17, 15) is 9.59 Å². The molecule has 0 spiro atoms. The average Bonchev–Trinajstić information content (AvgIpc) is 3.37. The van der Waals surface area contributed by atoms with Gasteiger partial charge in [-0.05, 0) is 36.2 Å². The molecule has 6 nitrogen and oxygen atoms in total. The summed E-state index contributed by atoms with van der Waals surface area (Å²) < 4.78 is 3.55. The molecule has 0 aliphatic heterocycles. The normalized spacial score (nSPS) is 16.6. The van der Waals surface area contributed by atoms with Gasteiger partial charge >= 0.3 is 0 Å². The first-order valence-corrected chi connectivity index (χ1v) is 12.7. The number of rotatable bonds is 4. The third kappa shape index (κ3) is 3.49. The number of hydrogen-bond acceptors (Lipinski definition) is 6. The maximum atomic E-state index is 13.2. The number of Topliss-reactive ketones (excluding diaryl/α,β-unsaturated/α-hetero) is 1. The van der Waals surface area contributed by atoms with Gasteiger partial charge in [-0.15, -0.1) is 21.5 Å². The molecule has 1 aliphatic carbocycles. The van der Waals surface area contributed by atoms with E-state index in [0.29, 0.717) is 22.4 Å². The number of carbonyl (C=O) groups is 1. The van der Waals surface area contributed by atoms with Crippen LogP contribution in [0.1, 0.15) is 48.0 Å². The lowest BCUT2D eigenvalue weighted by molar-refractivity contribution is 0.102. The SMILES string of the molecule is Cn1c(=O)c2c3c(sc2n2c(SCC(=O)c4ccccc4)nnc12)C[C@@H](C(C)(C)C)CC3. The van der Waals surface area contributed by atoms with Gasteiger partial charge in [0.25, 0.3) is 5.56 Å². The number of nitrogens with zero attached hydrogens (tertiary/aromatic N) is 4. The lowest BCUT2D eigenvalue weighted by Gasteiger charge is -2.33. The van der Waals surface area contributed by atoms with Crippen LogP contribution < -0.4 is 5.56 Å². The van der Waals surface area contributed by atoms with Gasteiger partial charge < -0.3 is 0 Å². The van der Waals surface area contributed by atoms with Gasteiger partial charge in [0.15, 0.2) is 10.9 Å². The van der Waals surface area contributed by atoms with Crippen LogP contribution >= 0.6 is 23.1 Å². The molecule has 0 N–H and O–H groups in total. The second-order valence-electron chi connectivity index (χ2n) is 9.55. The Labute approximate surface area is 194 Å². The third-order valence-electron chi connectivity index (χ3n) is 6.54. The van der Waals surface area contributed by atoms with Gasteiger partial charge in [0, 0.05) is 17.5 Å². The number of aryl methyl sites for hydroxylation is 2. The Morgan fingerprint density at radius 3 is 2.69 bits per heavy atom. The molecule has 1 aromatic carbocycles. The van der Waals surface area contributed by atoms with Crippen LogP contribution in [-0.4, -0.2) is 30.7 Å². The van der Waals surface area contributed by atoms with Gasteiger partial charge in [-0.3, -0.25) is 14.2 Å². The minimum absolute atomic E-state index is 0.0106. The Kier molecular flexibility index (Phi) is 5.25. The fourth-order valence-electron chi connectivity index (χ4n) is 4.54. The molecule has 0 amide bonds. The number of aromatic nitrogens is 4. The van der Waals surface area contributed by atoms with E-state index in [0.717, 1.165) is 29.5 Å². The first kappa shape index (κ1) is 21.4. The maximum absolute atomic E-state index is 13.2. The Balaban J connectivity index is 1.58. The number of carbonyl (C=O) groups excluding carboxylic acids is 1. The van der Waals surface area contributed by atoms with Gasteiger partial charge in [0.05, 0.1) is 11.1 Å². The summed E-state index contributed by atoms with van der Waals surface area (Å²) in [6, 6.07) is 9.28. The number of hydrogen-bond donors (Lipinski definition) is 0. The molecular weight excluding hydrogens is 440 g/mol. The summed E-state index contributed by atoms with van der Waals surface area (Å²) in [7, 11) is 1.75. The van der Waals surface area contributed by atoms with E-state index >= 15 is 0 Å². The van der Waals surface area contributed by atoms with E-state index < -0.39 is 0 Å². The molecule has 0 bridgehead atoms. The van der Waals surface area contributed by atoms with Crippen LogP contribution in [0.3, 0.4) is 0 Å². The predicted molar refractivity (Wildman–Crippen MR) is 130 cm³/mol. The fraction of sp³-hybridized carbons (Fsp3) is 0.417. The molecule has 32 heavy (non-hydrogen) atoms. The Morgan fingerprint density at radius 1 is 1.22 bits per heavy atom. The van der Waals surface area contributed by atoms with Crippen molar-refractivity contribution in [1.29, 1.82) is 0 Å². The quantitative estimate of drug-likeness (QED) is 0.320. The highest BCUT2D eigenvalue weighted by Gasteiger charge is 2.32. The number of thiophene rings is 1. The van der Waals surface area contributed by atoms with E-state index in [2.05, 4.69) is 31.0 Å². The first-order chi connectivity index (χ1) is 15.3. The summed E-state index contributed by atoms with van der Waals surface area (Å²) in [4.78, 5) is 28.1. The van der Waals surface area contributed by atoms with Crippen molar-refractivity contribution in [3.8, 4) is 0 Å². The number of benzene rings is 1. The van der Waals surface area contributed by atoms with Crippen LogP contribution in [-0.2, 0) is 19.9 Å². The largest absolute Gasteiger partial charge is 0.293 e. The third-order valence-corrected chi connectivity index (χ3v) is 8.71. The summed E-state index contributed by atoms with van der Waals surface area (Å²) in [5.74, 6) is 1.43.